The lowest BCUT2D eigenvalue weighted by Crippen LogP contribution is -2.17. The molecule has 0 spiro atoms. The summed E-state index contributed by atoms with van der Waals surface area (Å²) in [5, 5.41) is 2.95. The van der Waals surface area contributed by atoms with Gasteiger partial charge in [0.25, 0.3) is 0 Å². The van der Waals surface area contributed by atoms with Crippen molar-refractivity contribution in [2.45, 2.75) is 11.9 Å². The van der Waals surface area contributed by atoms with Gasteiger partial charge >= 0.3 is 0 Å². The molecule has 0 atom stereocenters. The second kappa shape index (κ2) is 5.87. The molecule has 3 rings (SSSR count). The summed E-state index contributed by atoms with van der Waals surface area (Å²) in [5.41, 5.74) is 3.45. The molecule has 0 N–H and O–H groups in total. The molecule has 0 fully saturated rings. The molecule has 3 nitrogen and oxygen atoms in total. The van der Waals surface area contributed by atoms with E-state index in [0.29, 0.717) is 0 Å². The molecule has 0 saturated heterocycles. The smallest absolute Gasteiger partial charge is 0.152 e. The minimum atomic E-state index is 0.783. The van der Waals surface area contributed by atoms with Crippen LogP contribution in [0.4, 0.5) is 5.82 Å². The van der Waals surface area contributed by atoms with Gasteiger partial charge in [-0.3, -0.25) is 0 Å². The summed E-state index contributed by atoms with van der Waals surface area (Å²) in [4.78, 5) is 6.93. The quantitative estimate of drug-likeness (QED) is 0.577. The zero-order valence-electron chi connectivity index (χ0n) is 10.9. The van der Waals surface area contributed by atoms with E-state index < -0.39 is 0 Å². The van der Waals surface area contributed by atoms with Gasteiger partial charge in [-0.1, -0.05) is 22.0 Å². The van der Waals surface area contributed by atoms with Gasteiger partial charge in [-0.05, 0) is 45.1 Å². The molecule has 0 unspecified atom stereocenters. The van der Waals surface area contributed by atoms with Gasteiger partial charge in [-0.15, -0.1) is 11.3 Å². The van der Waals surface area contributed by atoms with E-state index in [1.165, 1.54) is 11.3 Å². The van der Waals surface area contributed by atoms with Crippen molar-refractivity contribution in [2.24, 2.45) is 0 Å². The fraction of sp³-hybridized carbons (Fsp3) is 0.214. The number of thiophene rings is 1. The van der Waals surface area contributed by atoms with Crippen LogP contribution in [0.2, 0.25) is 0 Å². The van der Waals surface area contributed by atoms with E-state index in [-0.39, 0.29) is 0 Å². The zero-order valence-corrected chi connectivity index (χ0v) is 14.9. The summed E-state index contributed by atoms with van der Waals surface area (Å²) in [5.74, 6) is 1.02. The van der Waals surface area contributed by atoms with Gasteiger partial charge in [0.05, 0.1) is 9.48 Å². The van der Waals surface area contributed by atoms with Crippen LogP contribution < -0.4 is 4.90 Å². The number of hydrogen-bond acceptors (Lipinski definition) is 3. The van der Waals surface area contributed by atoms with Gasteiger partial charge in [0.1, 0.15) is 5.65 Å². The Bertz CT molecular complexity index is 735. The van der Waals surface area contributed by atoms with Crippen molar-refractivity contribution in [3.63, 3.8) is 0 Å². The van der Waals surface area contributed by atoms with Crippen molar-refractivity contribution in [1.82, 2.24) is 9.38 Å². The molecule has 0 aliphatic rings. The molecule has 0 bridgehead atoms. The first kappa shape index (κ1) is 14.1. The first-order chi connectivity index (χ1) is 9.69. The van der Waals surface area contributed by atoms with Crippen LogP contribution in [0.1, 0.15) is 11.3 Å². The molecule has 0 aliphatic carbocycles. The van der Waals surface area contributed by atoms with Gasteiger partial charge in [0.2, 0.25) is 0 Å². The second-order valence-electron chi connectivity index (χ2n) is 4.56. The van der Waals surface area contributed by atoms with Gasteiger partial charge in [-0.25, -0.2) is 4.98 Å². The number of hydrogen-bond donors (Lipinski definition) is 0. The first-order valence-electron chi connectivity index (χ1n) is 6.15. The van der Waals surface area contributed by atoms with Crippen molar-refractivity contribution in [3.8, 4) is 0 Å². The van der Waals surface area contributed by atoms with Gasteiger partial charge in [0.15, 0.2) is 5.82 Å². The normalized spacial score (nSPS) is 11.2. The molecule has 0 radical (unpaired) electrons. The average Bonchev–Trinajstić information content (AvgIpc) is 3.01. The van der Waals surface area contributed by atoms with E-state index in [1.54, 1.807) is 11.3 Å². The molecule has 3 aromatic heterocycles. The number of rotatable bonds is 4. The van der Waals surface area contributed by atoms with Gasteiger partial charge < -0.3 is 9.30 Å². The van der Waals surface area contributed by atoms with E-state index in [2.05, 4.69) is 65.9 Å². The maximum absolute atomic E-state index is 4.74. The highest BCUT2D eigenvalue weighted by atomic mass is 79.9. The summed E-state index contributed by atoms with van der Waals surface area (Å²) in [6.45, 7) is 0.853. The highest BCUT2D eigenvalue weighted by Crippen LogP contribution is 2.26. The average molecular weight is 415 g/mol. The third-order valence-corrected chi connectivity index (χ3v) is 5.22. The van der Waals surface area contributed by atoms with Gasteiger partial charge in [0, 0.05) is 25.1 Å². The predicted molar refractivity (Wildman–Crippen MR) is 91.9 cm³/mol. The van der Waals surface area contributed by atoms with E-state index in [9.17, 15) is 0 Å². The van der Waals surface area contributed by atoms with Crippen LogP contribution in [0, 0.1) is 0 Å². The number of pyridine rings is 1. The number of anilines is 1. The number of aromatic nitrogens is 2. The van der Waals surface area contributed by atoms with Crippen LogP contribution in [0.25, 0.3) is 5.65 Å². The topological polar surface area (TPSA) is 20.5 Å². The maximum Gasteiger partial charge on any atom is 0.152 e. The second-order valence-corrected chi connectivity index (χ2v) is 7.41. The highest BCUT2D eigenvalue weighted by Gasteiger charge is 2.15. The maximum atomic E-state index is 4.74. The Labute approximate surface area is 138 Å². The fourth-order valence-corrected chi connectivity index (χ4v) is 3.96. The summed E-state index contributed by atoms with van der Waals surface area (Å²) in [6.07, 6.45) is 2.05. The SMILES string of the molecule is CN(Cc1csc(Br)c1)c1nc2ccccn2c1CBr. The first-order valence-corrected chi connectivity index (χ1v) is 8.94. The minimum absolute atomic E-state index is 0.783. The van der Waals surface area contributed by atoms with Crippen LogP contribution in [-0.4, -0.2) is 16.4 Å². The molecule has 104 valence electrons. The molecular weight excluding hydrogens is 402 g/mol. The monoisotopic (exact) mass is 413 g/mol. The lowest BCUT2D eigenvalue weighted by molar-refractivity contribution is 0.899. The van der Waals surface area contributed by atoms with E-state index in [4.69, 9.17) is 4.98 Å². The van der Waals surface area contributed by atoms with E-state index in [0.717, 1.165) is 27.1 Å². The number of alkyl halides is 1. The number of imidazole rings is 1. The Balaban J connectivity index is 1.96. The van der Waals surface area contributed by atoms with Crippen LogP contribution in [-0.2, 0) is 11.9 Å². The van der Waals surface area contributed by atoms with Crippen molar-refractivity contribution in [1.29, 1.82) is 0 Å². The summed E-state index contributed by atoms with van der Waals surface area (Å²) >= 11 is 8.79. The van der Waals surface area contributed by atoms with Crippen molar-refractivity contribution in [2.75, 3.05) is 11.9 Å². The summed E-state index contributed by atoms with van der Waals surface area (Å²) in [7, 11) is 2.08. The third-order valence-electron chi connectivity index (χ3n) is 3.14. The van der Waals surface area contributed by atoms with Crippen molar-refractivity contribution < 1.29 is 0 Å². The molecule has 0 aliphatic heterocycles. The molecule has 3 aromatic rings. The predicted octanol–water partition coefficient (Wildman–Crippen LogP) is 4.69. The number of halogens is 2. The Hall–Kier alpha value is -0.850. The lowest BCUT2D eigenvalue weighted by atomic mass is 10.3. The fourth-order valence-electron chi connectivity index (χ4n) is 2.24. The molecule has 6 heteroatoms. The van der Waals surface area contributed by atoms with Gasteiger partial charge in [-0.2, -0.15) is 0 Å². The lowest BCUT2D eigenvalue weighted by Gasteiger charge is -2.17. The third kappa shape index (κ3) is 2.64. The van der Waals surface area contributed by atoms with Crippen molar-refractivity contribution >= 4 is 54.7 Å². The Morgan fingerprint density at radius 2 is 2.25 bits per heavy atom. The van der Waals surface area contributed by atoms with E-state index in [1.807, 2.05) is 18.2 Å². The number of nitrogens with zero attached hydrogens (tertiary/aromatic N) is 3. The summed E-state index contributed by atoms with van der Waals surface area (Å²) < 4.78 is 3.29. The zero-order chi connectivity index (χ0) is 14.1. The summed E-state index contributed by atoms with van der Waals surface area (Å²) in [6, 6.07) is 8.23. The molecule has 0 saturated carbocycles. The van der Waals surface area contributed by atoms with E-state index >= 15 is 0 Å². The number of fused-ring (bicyclic) bond motifs is 1. The van der Waals surface area contributed by atoms with Crippen LogP contribution >= 0.6 is 43.2 Å². The van der Waals surface area contributed by atoms with Crippen molar-refractivity contribution in [3.05, 3.63) is 50.9 Å². The molecule has 20 heavy (non-hydrogen) atoms. The molecule has 0 aromatic carbocycles. The molecular formula is C14H13Br2N3S. The Morgan fingerprint density at radius 1 is 1.40 bits per heavy atom. The van der Waals surface area contributed by atoms with Crippen LogP contribution in [0.15, 0.2) is 39.6 Å². The highest BCUT2D eigenvalue weighted by molar-refractivity contribution is 9.11. The molecule has 0 amide bonds. The Morgan fingerprint density at radius 3 is 2.95 bits per heavy atom. The standard InChI is InChI=1S/C14H13Br2N3S/c1-18(8-10-6-12(16)20-9-10)14-11(7-15)19-5-3-2-4-13(19)17-14/h2-6,9H,7-8H2,1H3. The van der Waals surface area contributed by atoms with Crippen LogP contribution in [0.3, 0.4) is 0 Å². The minimum Gasteiger partial charge on any atom is -0.354 e. The molecule has 3 heterocycles. The largest absolute Gasteiger partial charge is 0.354 e. The van der Waals surface area contributed by atoms with Crippen LogP contribution in [0.5, 0.6) is 0 Å². The Kier molecular flexibility index (Phi) is 4.14.